The number of carboxylic acids is 1. The minimum absolute atomic E-state index is 0.534. The average Bonchev–Trinajstić information content (AvgIpc) is 2.46. The van der Waals surface area contributed by atoms with Crippen molar-refractivity contribution in [3.8, 4) is 0 Å². The summed E-state index contributed by atoms with van der Waals surface area (Å²) >= 11 is 4.03. The number of fused-ring (bicyclic) bond motifs is 1. The first kappa shape index (κ1) is 14.9. The third kappa shape index (κ3) is 4.23. The lowest BCUT2D eigenvalue weighted by Crippen LogP contribution is -2.12. The van der Waals surface area contributed by atoms with Crippen molar-refractivity contribution in [2.75, 3.05) is 0 Å². The number of nitrogens with zero attached hydrogens (tertiary/aromatic N) is 1. The molecule has 0 aliphatic heterocycles. The van der Waals surface area contributed by atoms with Crippen LogP contribution in [0, 0.1) is 0 Å². The van der Waals surface area contributed by atoms with Crippen LogP contribution in [0.25, 0.3) is 10.9 Å². The Kier molecular flexibility index (Phi) is 5.41. The molecule has 1 aromatic carbocycles. The highest BCUT2D eigenvalue weighted by Gasteiger charge is 2.10. The molecule has 3 nitrogen and oxygen atoms in total. The van der Waals surface area contributed by atoms with Gasteiger partial charge in [0, 0.05) is 11.1 Å². The molecule has 0 bridgehead atoms. The smallest absolute Gasteiger partial charge is 0.316 e. The summed E-state index contributed by atoms with van der Waals surface area (Å²) in [4.78, 5) is 15.2. The average molecular weight is 289 g/mol. The van der Waals surface area contributed by atoms with E-state index in [0.29, 0.717) is 6.42 Å². The maximum absolute atomic E-state index is 10.6. The van der Waals surface area contributed by atoms with Crippen LogP contribution in [-0.2, 0) is 11.2 Å². The van der Waals surface area contributed by atoms with Gasteiger partial charge in [-0.1, -0.05) is 37.1 Å². The van der Waals surface area contributed by atoms with Crippen LogP contribution in [0.3, 0.4) is 0 Å². The first-order valence-electron chi connectivity index (χ1n) is 6.92. The van der Waals surface area contributed by atoms with E-state index in [2.05, 4.69) is 35.8 Å². The molecular weight excluding hydrogens is 270 g/mol. The van der Waals surface area contributed by atoms with Crippen LogP contribution in [0.15, 0.2) is 36.4 Å². The maximum Gasteiger partial charge on any atom is 0.316 e. The largest absolute Gasteiger partial charge is 0.480 e. The van der Waals surface area contributed by atoms with E-state index in [9.17, 15) is 4.79 Å². The molecule has 0 saturated carbocycles. The van der Waals surface area contributed by atoms with Crippen LogP contribution >= 0.6 is 12.6 Å². The number of para-hydroxylation sites is 1. The Morgan fingerprint density at radius 1 is 1.15 bits per heavy atom. The number of benzene rings is 1. The molecule has 1 aromatic heterocycles. The predicted octanol–water partition coefficient (Wildman–Crippen LogP) is 3.72. The van der Waals surface area contributed by atoms with Gasteiger partial charge in [-0.3, -0.25) is 9.78 Å². The number of aromatic nitrogens is 1. The van der Waals surface area contributed by atoms with Crippen LogP contribution in [0.1, 0.15) is 31.4 Å². The van der Waals surface area contributed by atoms with Crippen molar-refractivity contribution in [3.05, 3.63) is 42.1 Å². The van der Waals surface area contributed by atoms with Gasteiger partial charge in [-0.25, -0.2) is 0 Å². The zero-order valence-corrected chi connectivity index (χ0v) is 12.2. The number of aliphatic carboxylic acids is 1. The molecule has 0 saturated heterocycles. The van der Waals surface area contributed by atoms with Crippen molar-refractivity contribution in [3.63, 3.8) is 0 Å². The summed E-state index contributed by atoms with van der Waals surface area (Å²) in [5.41, 5.74) is 2.13. The highest BCUT2D eigenvalue weighted by atomic mass is 32.1. The van der Waals surface area contributed by atoms with E-state index in [0.717, 1.165) is 42.3 Å². The zero-order valence-electron chi connectivity index (χ0n) is 11.3. The minimum atomic E-state index is -0.829. The van der Waals surface area contributed by atoms with E-state index in [1.54, 1.807) is 0 Å². The van der Waals surface area contributed by atoms with E-state index in [1.807, 2.05) is 18.2 Å². The number of aryl methyl sites for hydroxylation is 1. The highest BCUT2D eigenvalue weighted by molar-refractivity contribution is 7.81. The summed E-state index contributed by atoms with van der Waals surface area (Å²) in [5, 5.41) is 9.36. The number of hydrogen-bond acceptors (Lipinski definition) is 3. The number of carbonyl (C=O) groups is 1. The van der Waals surface area contributed by atoms with Crippen LogP contribution < -0.4 is 0 Å². The summed E-state index contributed by atoms with van der Waals surface area (Å²) in [6.07, 6.45) is 4.51. The van der Waals surface area contributed by atoms with Gasteiger partial charge >= 0.3 is 5.97 Å². The Labute approximate surface area is 124 Å². The molecule has 0 aliphatic carbocycles. The van der Waals surface area contributed by atoms with Gasteiger partial charge in [-0.15, -0.1) is 0 Å². The standard InChI is InChI=1S/C16H19NO2S/c18-16(19)15(20)9-3-1-2-7-13-11-10-12-6-4-5-8-14(12)17-13/h4-6,8,10-11,15,20H,1-3,7,9H2,(H,18,19). The number of carboxylic acid groups (broad SMARTS) is 1. The summed E-state index contributed by atoms with van der Waals surface area (Å²) < 4.78 is 0. The number of unbranched alkanes of at least 4 members (excludes halogenated alkanes) is 2. The Morgan fingerprint density at radius 2 is 1.95 bits per heavy atom. The van der Waals surface area contributed by atoms with E-state index >= 15 is 0 Å². The van der Waals surface area contributed by atoms with E-state index in [1.165, 1.54) is 0 Å². The van der Waals surface area contributed by atoms with Gasteiger partial charge in [-0.2, -0.15) is 12.6 Å². The van der Waals surface area contributed by atoms with Crippen molar-refractivity contribution in [1.82, 2.24) is 4.98 Å². The number of pyridine rings is 1. The van der Waals surface area contributed by atoms with Gasteiger partial charge in [0.05, 0.1) is 10.8 Å². The molecule has 106 valence electrons. The van der Waals surface area contributed by atoms with E-state index < -0.39 is 11.2 Å². The quantitative estimate of drug-likeness (QED) is 0.603. The Bertz CT molecular complexity index is 585. The second-order valence-electron chi connectivity index (χ2n) is 4.95. The van der Waals surface area contributed by atoms with Gasteiger partial charge in [0.25, 0.3) is 0 Å². The van der Waals surface area contributed by atoms with E-state index in [-0.39, 0.29) is 0 Å². The van der Waals surface area contributed by atoms with Gasteiger partial charge in [-0.05, 0) is 31.4 Å². The molecule has 0 spiro atoms. The topological polar surface area (TPSA) is 50.2 Å². The molecule has 4 heteroatoms. The summed E-state index contributed by atoms with van der Waals surface area (Å²) in [6.45, 7) is 0. The molecule has 20 heavy (non-hydrogen) atoms. The first-order valence-corrected chi connectivity index (χ1v) is 7.44. The maximum atomic E-state index is 10.6. The Balaban J connectivity index is 1.77. The molecule has 0 radical (unpaired) electrons. The molecule has 0 amide bonds. The fourth-order valence-corrected chi connectivity index (χ4v) is 2.37. The SMILES string of the molecule is O=C(O)C(S)CCCCCc1ccc2ccccc2n1. The third-order valence-corrected chi connectivity index (χ3v) is 3.83. The molecule has 1 heterocycles. The second-order valence-corrected chi connectivity index (χ2v) is 5.57. The summed E-state index contributed by atoms with van der Waals surface area (Å²) in [5.74, 6) is -0.829. The Morgan fingerprint density at radius 3 is 2.75 bits per heavy atom. The monoisotopic (exact) mass is 289 g/mol. The number of thiol groups is 1. The number of rotatable bonds is 7. The van der Waals surface area contributed by atoms with Crippen molar-refractivity contribution in [2.24, 2.45) is 0 Å². The fourth-order valence-electron chi connectivity index (χ4n) is 2.19. The fraction of sp³-hybridized carbons (Fsp3) is 0.375. The molecule has 2 rings (SSSR count). The van der Waals surface area contributed by atoms with Crippen molar-refractivity contribution in [2.45, 2.75) is 37.4 Å². The van der Waals surface area contributed by atoms with Crippen molar-refractivity contribution < 1.29 is 9.90 Å². The summed E-state index contributed by atoms with van der Waals surface area (Å²) in [7, 11) is 0. The molecule has 0 fully saturated rings. The lowest BCUT2D eigenvalue weighted by Gasteiger charge is -2.05. The Hall–Kier alpha value is -1.55. The molecule has 1 atom stereocenters. The lowest BCUT2D eigenvalue weighted by molar-refractivity contribution is -0.136. The van der Waals surface area contributed by atoms with Gasteiger partial charge in [0.15, 0.2) is 0 Å². The lowest BCUT2D eigenvalue weighted by atomic mass is 10.1. The van der Waals surface area contributed by atoms with Crippen LogP contribution in [-0.4, -0.2) is 21.3 Å². The first-order chi connectivity index (χ1) is 9.66. The molecule has 1 N–H and O–H groups in total. The zero-order chi connectivity index (χ0) is 14.4. The summed E-state index contributed by atoms with van der Waals surface area (Å²) in [6, 6.07) is 12.3. The van der Waals surface area contributed by atoms with Crippen LogP contribution in [0.5, 0.6) is 0 Å². The van der Waals surface area contributed by atoms with Crippen LogP contribution in [0.2, 0.25) is 0 Å². The number of hydrogen-bond donors (Lipinski definition) is 2. The van der Waals surface area contributed by atoms with Crippen molar-refractivity contribution in [1.29, 1.82) is 0 Å². The van der Waals surface area contributed by atoms with E-state index in [4.69, 9.17) is 5.11 Å². The predicted molar refractivity (Wildman–Crippen MR) is 84.3 cm³/mol. The second kappa shape index (κ2) is 7.29. The van der Waals surface area contributed by atoms with Gasteiger partial charge < -0.3 is 5.11 Å². The van der Waals surface area contributed by atoms with Crippen molar-refractivity contribution >= 4 is 29.5 Å². The minimum Gasteiger partial charge on any atom is -0.480 e. The molecule has 1 unspecified atom stereocenters. The molecular formula is C16H19NO2S. The third-order valence-electron chi connectivity index (χ3n) is 3.35. The van der Waals surface area contributed by atoms with Gasteiger partial charge in [0.2, 0.25) is 0 Å². The van der Waals surface area contributed by atoms with Gasteiger partial charge in [0.1, 0.15) is 0 Å². The molecule has 0 aliphatic rings. The van der Waals surface area contributed by atoms with Crippen LogP contribution in [0.4, 0.5) is 0 Å². The molecule has 2 aromatic rings. The highest BCUT2D eigenvalue weighted by Crippen LogP contribution is 2.14. The normalized spacial score (nSPS) is 12.4.